The van der Waals surface area contributed by atoms with E-state index in [9.17, 15) is 9.59 Å². The van der Waals surface area contributed by atoms with E-state index in [0.29, 0.717) is 29.0 Å². The maximum atomic E-state index is 12.9. The number of rotatable bonds is 7. The summed E-state index contributed by atoms with van der Waals surface area (Å²) in [5.74, 6) is -0.132. The Labute approximate surface area is 163 Å². The molecule has 0 saturated heterocycles. The highest BCUT2D eigenvalue weighted by Gasteiger charge is 2.22. The Bertz CT molecular complexity index is 952. The third kappa shape index (κ3) is 4.57. The van der Waals surface area contributed by atoms with Gasteiger partial charge in [-0.05, 0) is 29.8 Å². The molecule has 0 bridgehead atoms. The predicted molar refractivity (Wildman–Crippen MR) is 109 cm³/mol. The average molecular weight is 376 g/mol. The van der Waals surface area contributed by atoms with Gasteiger partial charge < -0.3 is 15.2 Å². The van der Waals surface area contributed by atoms with Crippen LogP contribution in [0, 0.1) is 0 Å². The van der Waals surface area contributed by atoms with E-state index in [0.717, 1.165) is 5.56 Å². The first-order valence-corrected chi connectivity index (χ1v) is 8.92. The highest BCUT2D eigenvalue weighted by atomic mass is 16.5. The molecular formula is C23H22NO4+. The number of hydrogen-bond donors (Lipinski definition) is 1. The first-order valence-electron chi connectivity index (χ1n) is 8.92. The Morgan fingerprint density at radius 2 is 1.57 bits per heavy atom. The van der Waals surface area contributed by atoms with Gasteiger partial charge in [-0.25, -0.2) is 4.79 Å². The van der Waals surface area contributed by atoms with Crippen molar-refractivity contribution in [1.82, 2.24) is 0 Å². The number of carbonyl (C=O) groups is 2. The number of ketones is 1. The van der Waals surface area contributed by atoms with Crippen LogP contribution in [0.5, 0.6) is 5.75 Å². The van der Waals surface area contributed by atoms with Gasteiger partial charge in [0.05, 0.1) is 7.11 Å². The van der Waals surface area contributed by atoms with E-state index in [4.69, 9.17) is 9.84 Å². The Morgan fingerprint density at radius 1 is 0.929 bits per heavy atom. The zero-order chi connectivity index (χ0) is 19.9. The summed E-state index contributed by atoms with van der Waals surface area (Å²) in [6.45, 7) is 0. The van der Waals surface area contributed by atoms with Crippen LogP contribution in [-0.2, 0) is 16.0 Å². The van der Waals surface area contributed by atoms with Crippen LogP contribution in [0.15, 0.2) is 78.9 Å². The van der Waals surface area contributed by atoms with Gasteiger partial charge in [0.25, 0.3) is 5.75 Å². The monoisotopic (exact) mass is 376 g/mol. The van der Waals surface area contributed by atoms with E-state index in [1.54, 1.807) is 54.6 Å². The fourth-order valence-corrected chi connectivity index (χ4v) is 2.95. The molecule has 0 aliphatic heterocycles. The SMILES string of the molecule is COC(=O)C(Cc1ccc([OH2+])cc1)Nc1ccccc1C(=O)c1ccccc1. The van der Waals surface area contributed by atoms with Crippen LogP contribution >= 0.6 is 0 Å². The molecular weight excluding hydrogens is 354 g/mol. The van der Waals surface area contributed by atoms with Crippen LogP contribution < -0.4 is 5.32 Å². The van der Waals surface area contributed by atoms with E-state index in [1.807, 2.05) is 24.3 Å². The molecule has 0 amide bonds. The molecule has 142 valence electrons. The largest absolute Gasteiger partial charge is 0.593 e. The highest BCUT2D eigenvalue weighted by Crippen LogP contribution is 2.22. The molecule has 3 aromatic carbocycles. The summed E-state index contributed by atoms with van der Waals surface area (Å²) < 4.78 is 4.94. The zero-order valence-corrected chi connectivity index (χ0v) is 15.5. The lowest BCUT2D eigenvalue weighted by Gasteiger charge is -2.19. The summed E-state index contributed by atoms with van der Waals surface area (Å²) in [5, 5.41) is 10.8. The third-order valence-corrected chi connectivity index (χ3v) is 4.42. The van der Waals surface area contributed by atoms with Crippen LogP contribution in [0.25, 0.3) is 0 Å². The van der Waals surface area contributed by atoms with Crippen molar-refractivity contribution in [2.75, 3.05) is 12.4 Å². The number of carbonyl (C=O) groups excluding carboxylic acids is 2. The van der Waals surface area contributed by atoms with Crippen LogP contribution in [0.3, 0.4) is 0 Å². The van der Waals surface area contributed by atoms with Gasteiger partial charge in [0, 0.05) is 35.4 Å². The molecule has 0 aromatic heterocycles. The molecule has 3 rings (SSSR count). The summed E-state index contributed by atoms with van der Waals surface area (Å²) in [5.41, 5.74) is 2.54. The number of methoxy groups -OCH3 is 1. The van der Waals surface area contributed by atoms with Gasteiger partial charge in [0.2, 0.25) is 0 Å². The van der Waals surface area contributed by atoms with E-state index in [2.05, 4.69) is 5.32 Å². The highest BCUT2D eigenvalue weighted by molar-refractivity contribution is 6.12. The fourth-order valence-electron chi connectivity index (χ4n) is 2.95. The summed E-state index contributed by atoms with van der Waals surface area (Å²) in [4.78, 5) is 25.2. The van der Waals surface area contributed by atoms with Crippen LogP contribution in [0.2, 0.25) is 0 Å². The van der Waals surface area contributed by atoms with E-state index < -0.39 is 12.0 Å². The normalized spacial score (nSPS) is 11.5. The van der Waals surface area contributed by atoms with Crippen molar-refractivity contribution >= 4 is 17.4 Å². The van der Waals surface area contributed by atoms with E-state index in [-0.39, 0.29) is 5.78 Å². The van der Waals surface area contributed by atoms with Crippen LogP contribution in [-0.4, -0.2) is 30.0 Å². The van der Waals surface area contributed by atoms with Gasteiger partial charge in [0.1, 0.15) is 6.04 Å². The maximum Gasteiger partial charge on any atom is 0.328 e. The Morgan fingerprint density at radius 3 is 2.25 bits per heavy atom. The van der Waals surface area contributed by atoms with Crippen LogP contribution in [0.4, 0.5) is 5.69 Å². The van der Waals surface area contributed by atoms with Crippen molar-refractivity contribution < 1.29 is 19.4 Å². The van der Waals surface area contributed by atoms with Crippen LogP contribution in [0.1, 0.15) is 21.5 Å². The molecule has 0 heterocycles. The second kappa shape index (κ2) is 8.86. The lowest BCUT2D eigenvalue weighted by atomic mass is 10.00. The van der Waals surface area contributed by atoms with Crippen molar-refractivity contribution in [3.05, 3.63) is 95.6 Å². The molecule has 0 spiro atoms. The second-order valence-electron chi connectivity index (χ2n) is 6.36. The lowest BCUT2D eigenvalue weighted by Crippen LogP contribution is -2.33. The number of ether oxygens (including phenoxy) is 1. The molecule has 5 nitrogen and oxygen atoms in total. The first kappa shape index (κ1) is 19.2. The average Bonchev–Trinajstić information content (AvgIpc) is 2.74. The second-order valence-corrected chi connectivity index (χ2v) is 6.36. The van der Waals surface area contributed by atoms with Crippen molar-refractivity contribution in [3.63, 3.8) is 0 Å². The minimum atomic E-state index is -0.661. The lowest BCUT2D eigenvalue weighted by molar-refractivity contribution is -0.141. The van der Waals surface area contributed by atoms with E-state index >= 15 is 0 Å². The summed E-state index contributed by atoms with van der Waals surface area (Å²) in [7, 11) is 1.34. The quantitative estimate of drug-likeness (QED) is 0.389. The topological polar surface area (TPSA) is 78.3 Å². The molecule has 0 aliphatic rings. The summed E-state index contributed by atoms with van der Waals surface area (Å²) in [6.07, 6.45) is 0.376. The Kier molecular flexibility index (Phi) is 6.07. The van der Waals surface area contributed by atoms with Gasteiger partial charge in [0.15, 0.2) is 5.78 Å². The molecule has 1 unspecified atom stereocenters. The Balaban J connectivity index is 1.88. The molecule has 28 heavy (non-hydrogen) atoms. The van der Waals surface area contributed by atoms with Gasteiger partial charge >= 0.3 is 5.97 Å². The number of hydrogen-bond acceptors (Lipinski definition) is 4. The smallest absolute Gasteiger partial charge is 0.328 e. The number of benzene rings is 3. The zero-order valence-electron chi connectivity index (χ0n) is 15.5. The molecule has 3 aromatic rings. The number of para-hydroxylation sites is 1. The van der Waals surface area contributed by atoms with Crippen molar-refractivity contribution in [1.29, 1.82) is 0 Å². The van der Waals surface area contributed by atoms with Crippen molar-refractivity contribution in [2.24, 2.45) is 0 Å². The maximum absolute atomic E-state index is 12.9. The molecule has 0 radical (unpaired) electrons. The minimum absolute atomic E-state index is 0.120. The number of nitrogens with one attached hydrogen (secondary N) is 1. The molecule has 5 heteroatoms. The van der Waals surface area contributed by atoms with Gasteiger partial charge in [-0.2, -0.15) is 0 Å². The molecule has 1 atom stereocenters. The standard InChI is InChI=1S/C23H21NO4/c1-28-23(27)21(15-16-11-13-18(25)14-12-16)24-20-10-6-5-9-19(20)22(26)17-7-3-2-4-8-17/h2-14,21,24-25H,15H2,1H3/p+1. The molecule has 0 aliphatic carbocycles. The predicted octanol–water partition coefficient (Wildman–Crippen LogP) is 3.55. The number of esters is 1. The van der Waals surface area contributed by atoms with E-state index in [1.165, 1.54) is 7.11 Å². The molecule has 0 fully saturated rings. The fraction of sp³-hybridized carbons (Fsp3) is 0.130. The third-order valence-electron chi connectivity index (χ3n) is 4.42. The molecule has 3 N–H and O–H groups in total. The number of anilines is 1. The molecule has 0 saturated carbocycles. The summed E-state index contributed by atoms with van der Waals surface area (Å²) >= 11 is 0. The van der Waals surface area contributed by atoms with Gasteiger partial charge in [-0.3, -0.25) is 4.79 Å². The summed E-state index contributed by atoms with van der Waals surface area (Å²) in [6, 6.07) is 22.4. The Hall–Kier alpha value is -3.60. The first-order chi connectivity index (χ1) is 13.6. The van der Waals surface area contributed by atoms with Crippen molar-refractivity contribution in [3.8, 4) is 5.75 Å². The minimum Gasteiger partial charge on any atom is -0.593 e. The van der Waals surface area contributed by atoms with Crippen molar-refractivity contribution in [2.45, 2.75) is 12.5 Å². The van der Waals surface area contributed by atoms with Gasteiger partial charge in [-0.15, -0.1) is 0 Å². The van der Waals surface area contributed by atoms with Gasteiger partial charge in [-0.1, -0.05) is 42.5 Å².